The molecule has 0 aliphatic rings. The van der Waals surface area contributed by atoms with Crippen LogP contribution in [0.4, 0.5) is 17.1 Å². The highest BCUT2D eigenvalue weighted by atomic mass is 16.2. The highest BCUT2D eigenvalue weighted by Crippen LogP contribution is 2.17. The molecule has 0 radical (unpaired) electrons. The molecule has 0 aliphatic heterocycles. The Morgan fingerprint density at radius 2 is 1.52 bits per heavy atom. The van der Waals surface area contributed by atoms with Crippen LogP contribution in [0.1, 0.15) is 20.7 Å². The fourth-order valence-electron chi connectivity index (χ4n) is 2.96. The average Bonchev–Trinajstić information content (AvgIpc) is 2.82. The number of anilines is 3. The Labute approximate surface area is 181 Å². The molecular weight excluding hydrogens is 392 g/mol. The van der Waals surface area contributed by atoms with Gasteiger partial charge in [-0.15, -0.1) is 0 Å². The van der Waals surface area contributed by atoms with Gasteiger partial charge < -0.3 is 20.9 Å². The summed E-state index contributed by atoms with van der Waals surface area (Å²) in [6, 6.07) is 23.0. The number of carbonyl (C=O) groups is 3. The summed E-state index contributed by atoms with van der Waals surface area (Å²) in [5, 5.41) is 8.34. The molecule has 0 aliphatic carbocycles. The number of hydrogen-bond donors (Lipinski definition) is 3. The lowest BCUT2D eigenvalue weighted by Crippen LogP contribution is -2.26. The summed E-state index contributed by atoms with van der Waals surface area (Å²) in [6.45, 7) is 0.0363. The molecule has 3 rings (SSSR count). The van der Waals surface area contributed by atoms with Crippen LogP contribution in [-0.2, 0) is 4.79 Å². The molecule has 0 saturated carbocycles. The van der Waals surface area contributed by atoms with Crippen molar-refractivity contribution in [2.75, 3.05) is 36.2 Å². The number of amides is 3. The normalized spacial score (nSPS) is 10.1. The number of hydrogen-bond acceptors (Lipinski definition) is 4. The maximum Gasteiger partial charge on any atom is 0.258 e. The van der Waals surface area contributed by atoms with Crippen LogP contribution in [-0.4, -0.2) is 38.4 Å². The van der Waals surface area contributed by atoms with Crippen molar-refractivity contribution in [3.63, 3.8) is 0 Å². The largest absolute Gasteiger partial charge is 0.376 e. The van der Waals surface area contributed by atoms with Crippen molar-refractivity contribution in [2.24, 2.45) is 0 Å². The fraction of sp³-hybridized carbons (Fsp3) is 0.125. The van der Waals surface area contributed by atoms with E-state index in [1.165, 1.54) is 0 Å². The van der Waals surface area contributed by atoms with Crippen LogP contribution >= 0.6 is 0 Å². The predicted octanol–water partition coefficient (Wildman–Crippen LogP) is 3.37. The number of para-hydroxylation sites is 1. The first-order valence-electron chi connectivity index (χ1n) is 9.77. The summed E-state index contributed by atoms with van der Waals surface area (Å²) >= 11 is 0. The van der Waals surface area contributed by atoms with E-state index in [0.717, 1.165) is 5.69 Å². The summed E-state index contributed by atoms with van der Waals surface area (Å²) in [5.74, 6) is -0.576. The topological polar surface area (TPSA) is 90.5 Å². The lowest BCUT2D eigenvalue weighted by molar-refractivity contribution is -0.114. The first-order chi connectivity index (χ1) is 15.0. The van der Waals surface area contributed by atoms with Crippen LogP contribution < -0.4 is 20.9 Å². The molecule has 3 amide bonds. The van der Waals surface area contributed by atoms with E-state index >= 15 is 0 Å². The molecule has 0 bridgehead atoms. The van der Waals surface area contributed by atoms with Gasteiger partial charge in [0.1, 0.15) is 0 Å². The Morgan fingerprint density at radius 3 is 2.19 bits per heavy atom. The van der Waals surface area contributed by atoms with E-state index < -0.39 is 0 Å². The van der Waals surface area contributed by atoms with E-state index in [2.05, 4.69) is 16.0 Å². The zero-order chi connectivity index (χ0) is 22.2. The highest BCUT2D eigenvalue weighted by Gasteiger charge is 2.13. The lowest BCUT2D eigenvalue weighted by Gasteiger charge is -2.17. The van der Waals surface area contributed by atoms with E-state index in [4.69, 9.17) is 0 Å². The Balaban J connectivity index is 1.55. The monoisotopic (exact) mass is 416 g/mol. The van der Waals surface area contributed by atoms with Crippen LogP contribution in [0.5, 0.6) is 0 Å². The number of benzene rings is 3. The van der Waals surface area contributed by atoms with Gasteiger partial charge in [-0.05, 0) is 54.6 Å². The Hall–Kier alpha value is -4.13. The van der Waals surface area contributed by atoms with Gasteiger partial charge in [0.25, 0.3) is 11.8 Å². The Bertz CT molecular complexity index is 1070. The molecule has 7 heteroatoms. The molecule has 7 nitrogen and oxygen atoms in total. The Kier molecular flexibility index (Phi) is 7.01. The molecule has 0 unspecified atom stereocenters. The van der Waals surface area contributed by atoms with E-state index in [9.17, 15) is 14.4 Å². The third-order valence-corrected chi connectivity index (χ3v) is 4.67. The standard InChI is InChI=1S/C24H24N4O3/c1-25-23(30)18-7-6-8-20(15-18)26-16-22(29)27-19-13-11-17(12-14-19)24(31)28(2)21-9-4-3-5-10-21/h3-15,26H,16H2,1-2H3,(H,25,30)(H,27,29). The number of nitrogens with zero attached hydrogens (tertiary/aromatic N) is 1. The van der Waals surface area contributed by atoms with Gasteiger partial charge in [-0.1, -0.05) is 24.3 Å². The second-order valence-electron chi connectivity index (χ2n) is 6.84. The first kappa shape index (κ1) is 21.6. The minimum atomic E-state index is -0.245. The number of carbonyl (C=O) groups excluding carboxylic acids is 3. The summed E-state index contributed by atoms with van der Waals surface area (Å²) < 4.78 is 0. The molecule has 0 saturated heterocycles. The molecule has 0 spiro atoms. The number of rotatable bonds is 7. The summed E-state index contributed by atoms with van der Waals surface area (Å²) in [6.07, 6.45) is 0. The molecular formula is C24H24N4O3. The molecule has 3 aromatic rings. The zero-order valence-electron chi connectivity index (χ0n) is 17.4. The van der Waals surface area contributed by atoms with Gasteiger partial charge in [-0.2, -0.15) is 0 Å². The van der Waals surface area contributed by atoms with Crippen molar-refractivity contribution in [1.29, 1.82) is 0 Å². The van der Waals surface area contributed by atoms with Gasteiger partial charge >= 0.3 is 0 Å². The van der Waals surface area contributed by atoms with Crippen molar-refractivity contribution in [3.05, 3.63) is 90.0 Å². The molecule has 0 heterocycles. The molecule has 158 valence electrons. The summed E-state index contributed by atoms with van der Waals surface area (Å²) in [5.41, 5.74) is 3.09. The SMILES string of the molecule is CNC(=O)c1cccc(NCC(=O)Nc2ccc(C(=O)N(C)c3ccccc3)cc2)c1. The van der Waals surface area contributed by atoms with E-state index in [1.807, 2.05) is 30.3 Å². The molecule has 0 fully saturated rings. The van der Waals surface area contributed by atoms with Gasteiger partial charge in [0.15, 0.2) is 0 Å². The second kappa shape index (κ2) is 10.1. The quantitative estimate of drug-likeness (QED) is 0.551. The van der Waals surface area contributed by atoms with E-state index in [1.54, 1.807) is 67.5 Å². The van der Waals surface area contributed by atoms with Crippen molar-refractivity contribution in [2.45, 2.75) is 0 Å². The van der Waals surface area contributed by atoms with Crippen molar-refractivity contribution >= 4 is 34.8 Å². The minimum Gasteiger partial charge on any atom is -0.376 e. The van der Waals surface area contributed by atoms with Gasteiger partial charge in [0, 0.05) is 42.3 Å². The highest BCUT2D eigenvalue weighted by molar-refractivity contribution is 6.06. The van der Waals surface area contributed by atoms with E-state index in [-0.39, 0.29) is 24.3 Å². The van der Waals surface area contributed by atoms with Crippen LogP contribution in [0.15, 0.2) is 78.9 Å². The molecule has 3 N–H and O–H groups in total. The third kappa shape index (κ3) is 5.70. The third-order valence-electron chi connectivity index (χ3n) is 4.67. The summed E-state index contributed by atoms with van der Waals surface area (Å²) in [7, 11) is 3.28. The second-order valence-corrected chi connectivity index (χ2v) is 6.84. The van der Waals surface area contributed by atoms with Gasteiger partial charge in [0.05, 0.1) is 6.54 Å². The van der Waals surface area contributed by atoms with Crippen molar-refractivity contribution in [3.8, 4) is 0 Å². The van der Waals surface area contributed by atoms with Gasteiger partial charge in [-0.25, -0.2) is 0 Å². The predicted molar refractivity (Wildman–Crippen MR) is 123 cm³/mol. The van der Waals surface area contributed by atoms with Crippen molar-refractivity contribution in [1.82, 2.24) is 5.32 Å². The smallest absolute Gasteiger partial charge is 0.258 e. The lowest BCUT2D eigenvalue weighted by atomic mass is 10.1. The minimum absolute atomic E-state index is 0.0363. The zero-order valence-corrected chi connectivity index (χ0v) is 17.4. The average molecular weight is 416 g/mol. The van der Waals surface area contributed by atoms with Gasteiger partial charge in [-0.3, -0.25) is 14.4 Å². The number of nitrogens with one attached hydrogen (secondary N) is 3. The van der Waals surface area contributed by atoms with Crippen LogP contribution in [0.25, 0.3) is 0 Å². The fourth-order valence-corrected chi connectivity index (χ4v) is 2.96. The van der Waals surface area contributed by atoms with E-state index in [0.29, 0.717) is 22.5 Å². The first-order valence-corrected chi connectivity index (χ1v) is 9.77. The molecule has 0 aromatic heterocycles. The van der Waals surface area contributed by atoms with Crippen molar-refractivity contribution < 1.29 is 14.4 Å². The maximum absolute atomic E-state index is 12.6. The molecule has 0 atom stereocenters. The molecule has 31 heavy (non-hydrogen) atoms. The Morgan fingerprint density at radius 1 is 0.806 bits per heavy atom. The van der Waals surface area contributed by atoms with Crippen LogP contribution in [0.3, 0.4) is 0 Å². The molecule has 3 aromatic carbocycles. The van der Waals surface area contributed by atoms with Crippen LogP contribution in [0.2, 0.25) is 0 Å². The maximum atomic E-state index is 12.6. The van der Waals surface area contributed by atoms with Gasteiger partial charge in [0.2, 0.25) is 5.91 Å². The van der Waals surface area contributed by atoms with Crippen LogP contribution in [0, 0.1) is 0 Å². The summed E-state index contributed by atoms with van der Waals surface area (Å²) in [4.78, 5) is 38.2.